The molecule has 0 bridgehead atoms. The Kier molecular flexibility index (Phi) is 3.04. The number of aromatic nitrogens is 3. The fourth-order valence-electron chi connectivity index (χ4n) is 1.99. The van der Waals surface area contributed by atoms with Crippen molar-refractivity contribution in [2.45, 2.75) is 6.54 Å². The minimum atomic E-state index is -0.282. The molecular formula is C14H12N4O2. The van der Waals surface area contributed by atoms with Crippen LogP contribution in [-0.2, 0) is 6.54 Å². The van der Waals surface area contributed by atoms with Gasteiger partial charge in [0.15, 0.2) is 0 Å². The maximum absolute atomic E-state index is 12.0. The van der Waals surface area contributed by atoms with E-state index < -0.39 is 0 Å². The molecular weight excluding hydrogens is 256 g/mol. The topological polar surface area (TPSA) is 79.5 Å². The summed E-state index contributed by atoms with van der Waals surface area (Å²) in [5.74, 6) is -0.314. The van der Waals surface area contributed by atoms with E-state index in [1.54, 1.807) is 10.7 Å². The summed E-state index contributed by atoms with van der Waals surface area (Å²) in [4.78, 5) is 15.7. The first kappa shape index (κ1) is 12.2. The molecule has 3 aromatic rings. The van der Waals surface area contributed by atoms with Gasteiger partial charge >= 0.3 is 0 Å². The van der Waals surface area contributed by atoms with Crippen molar-refractivity contribution < 1.29 is 9.90 Å². The van der Waals surface area contributed by atoms with E-state index in [-0.39, 0.29) is 11.7 Å². The third-order valence-electron chi connectivity index (χ3n) is 2.95. The van der Waals surface area contributed by atoms with Crippen LogP contribution in [0.3, 0.4) is 0 Å². The van der Waals surface area contributed by atoms with Crippen molar-refractivity contribution in [3.05, 3.63) is 60.2 Å². The highest BCUT2D eigenvalue weighted by Crippen LogP contribution is 2.11. The van der Waals surface area contributed by atoms with Gasteiger partial charge in [-0.1, -0.05) is 6.07 Å². The highest BCUT2D eigenvalue weighted by molar-refractivity contribution is 5.94. The second kappa shape index (κ2) is 5.00. The number of carbonyl (C=O) groups is 1. The quantitative estimate of drug-likeness (QED) is 0.751. The van der Waals surface area contributed by atoms with Gasteiger partial charge in [-0.15, -0.1) is 0 Å². The summed E-state index contributed by atoms with van der Waals surface area (Å²) in [6, 6.07) is 7.06. The lowest BCUT2D eigenvalue weighted by Crippen LogP contribution is -2.23. The van der Waals surface area contributed by atoms with E-state index in [4.69, 9.17) is 0 Å². The van der Waals surface area contributed by atoms with Gasteiger partial charge in [0.1, 0.15) is 5.75 Å². The molecule has 0 aromatic carbocycles. The normalized spacial score (nSPS) is 10.6. The number of carbonyl (C=O) groups excluding carboxylic acids is 1. The van der Waals surface area contributed by atoms with Crippen molar-refractivity contribution in [3.63, 3.8) is 0 Å². The zero-order valence-corrected chi connectivity index (χ0v) is 10.5. The number of fused-ring (bicyclic) bond motifs is 1. The summed E-state index contributed by atoms with van der Waals surface area (Å²) < 4.78 is 1.75. The van der Waals surface area contributed by atoms with E-state index in [2.05, 4.69) is 15.4 Å². The van der Waals surface area contributed by atoms with Gasteiger partial charge in [0.2, 0.25) is 0 Å². The average molecular weight is 268 g/mol. The van der Waals surface area contributed by atoms with Gasteiger partial charge < -0.3 is 10.4 Å². The highest BCUT2D eigenvalue weighted by atomic mass is 16.3. The van der Waals surface area contributed by atoms with Crippen molar-refractivity contribution in [2.75, 3.05) is 0 Å². The second-order valence-electron chi connectivity index (χ2n) is 4.31. The molecule has 0 saturated carbocycles. The van der Waals surface area contributed by atoms with Gasteiger partial charge in [0.05, 0.1) is 17.3 Å². The Morgan fingerprint density at radius 1 is 1.35 bits per heavy atom. The number of hydrogen-bond donors (Lipinski definition) is 2. The van der Waals surface area contributed by atoms with E-state index in [0.717, 1.165) is 11.1 Å². The second-order valence-corrected chi connectivity index (χ2v) is 4.31. The first-order chi connectivity index (χ1) is 9.74. The van der Waals surface area contributed by atoms with Crippen molar-refractivity contribution >= 4 is 11.4 Å². The average Bonchev–Trinajstić information content (AvgIpc) is 2.93. The summed E-state index contributed by atoms with van der Waals surface area (Å²) >= 11 is 0. The standard InChI is InChI=1S/C14H12N4O2/c19-12-6-11(7-15-9-12)14(20)16-8-10-2-1-5-18-13(10)3-4-17-18/h1-7,9,19H,8H2,(H,16,20). The molecule has 0 saturated heterocycles. The third kappa shape index (κ3) is 2.31. The van der Waals surface area contributed by atoms with Gasteiger partial charge in [-0.3, -0.25) is 9.78 Å². The van der Waals surface area contributed by atoms with E-state index in [0.29, 0.717) is 12.1 Å². The summed E-state index contributed by atoms with van der Waals surface area (Å²) in [7, 11) is 0. The van der Waals surface area contributed by atoms with Crippen LogP contribution in [0.4, 0.5) is 0 Å². The summed E-state index contributed by atoms with van der Waals surface area (Å²) in [6.45, 7) is 0.379. The van der Waals surface area contributed by atoms with Gasteiger partial charge in [-0.25, -0.2) is 4.52 Å². The summed E-state index contributed by atoms with van der Waals surface area (Å²) in [5.41, 5.74) is 2.23. The number of amides is 1. The number of nitrogens with one attached hydrogen (secondary N) is 1. The Morgan fingerprint density at radius 3 is 3.10 bits per heavy atom. The predicted molar refractivity (Wildman–Crippen MR) is 72.3 cm³/mol. The number of nitrogens with zero attached hydrogens (tertiary/aromatic N) is 3. The number of pyridine rings is 2. The highest BCUT2D eigenvalue weighted by Gasteiger charge is 2.08. The lowest BCUT2D eigenvalue weighted by atomic mass is 10.2. The van der Waals surface area contributed by atoms with Gasteiger partial charge in [-0.05, 0) is 23.8 Å². The molecule has 20 heavy (non-hydrogen) atoms. The SMILES string of the molecule is O=C(NCc1cccn2nccc12)c1cncc(O)c1. The first-order valence-corrected chi connectivity index (χ1v) is 6.07. The molecule has 0 radical (unpaired) electrons. The van der Waals surface area contributed by atoms with E-state index >= 15 is 0 Å². The van der Waals surface area contributed by atoms with Gasteiger partial charge in [0, 0.05) is 25.1 Å². The molecule has 100 valence electrons. The van der Waals surface area contributed by atoms with Gasteiger partial charge in [-0.2, -0.15) is 5.10 Å². The monoisotopic (exact) mass is 268 g/mol. The number of hydrogen-bond acceptors (Lipinski definition) is 4. The van der Waals surface area contributed by atoms with Crippen molar-refractivity contribution in [3.8, 4) is 5.75 Å². The largest absolute Gasteiger partial charge is 0.506 e. The molecule has 3 aromatic heterocycles. The third-order valence-corrected chi connectivity index (χ3v) is 2.95. The van der Waals surface area contributed by atoms with Crippen LogP contribution in [0.25, 0.3) is 5.52 Å². The number of aromatic hydroxyl groups is 1. The first-order valence-electron chi connectivity index (χ1n) is 6.07. The van der Waals surface area contributed by atoms with Crippen LogP contribution < -0.4 is 5.32 Å². The maximum Gasteiger partial charge on any atom is 0.253 e. The van der Waals surface area contributed by atoms with Crippen LogP contribution in [0.5, 0.6) is 5.75 Å². The molecule has 0 spiro atoms. The van der Waals surface area contributed by atoms with Crippen LogP contribution in [0.1, 0.15) is 15.9 Å². The molecule has 0 aliphatic heterocycles. The molecule has 2 N–H and O–H groups in total. The van der Waals surface area contributed by atoms with Crippen molar-refractivity contribution in [2.24, 2.45) is 0 Å². The van der Waals surface area contributed by atoms with Crippen molar-refractivity contribution in [1.82, 2.24) is 19.9 Å². The molecule has 0 aliphatic rings. The maximum atomic E-state index is 12.0. The Bertz CT molecular complexity index is 766. The van der Waals surface area contributed by atoms with Crippen LogP contribution in [0.15, 0.2) is 49.1 Å². The summed E-state index contributed by atoms with van der Waals surface area (Å²) in [5, 5.41) is 16.2. The molecule has 6 nitrogen and oxygen atoms in total. The Morgan fingerprint density at radius 2 is 2.25 bits per heavy atom. The van der Waals surface area contributed by atoms with Crippen LogP contribution in [0.2, 0.25) is 0 Å². The minimum absolute atomic E-state index is 0.0319. The summed E-state index contributed by atoms with van der Waals surface area (Å²) in [6.07, 6.45) is 6.25. The van der Waals surface area contributed by atoms with Crippen LogP contribution >= 0.6 is 0 Å². The Hall–Kier alpha value is -2.89. The Balaban J connectivity index is 1.76. The zero-order valence-electron chi connectivity index (χ0n) is 10.5. The number of rotatable bonds is 3. The van der Waals surface area contributed by atoms with Crippen LogP contribution in [0, 0.1) is 0 Å². The van der Waals surface area contributed by atoms with E-state index in [1.807, 2.05) is 24.4 Å². The molecule has 0 fully saturated rings. The smallest absolute Gasteiger partial charge is 0.253 e. The zero-order chi connectivity index (χ0) is 13.9. The van der Waals surface area contributed by atoms with Gasteiger partial charge in [0.25, 0.3) is 5.91 Å². The molecule has 3 heterocycles. The fourth-order valence-corrected chi connectivity index (χ4v) is 1.99. The fraction of sp³-hybridized carbons (Fsp3) is 0.0714. The molecule has 0 atom stereocenters. The minimum Gasteiger partial charge on any atom is -0.506 e. The molecule has 0 aliphatic carbocycles. The van der Waals surface area contributed by atoms with Crippen molar-refractivity contribution in [1.29, 1.82) is 0 Å². The lowest BCUT2D eigenvalue weighted by molar-refractivity contribution is 0.0950. The van der Waals surface area contributed by atoms with E-state index in [9.17, 15) is 9.90 Å². The Labute approximate surface area is 114 Å². The molecule has 6 heteroatoms. The van der Waals surface area contributed by atoms with Crippen LogP contribution in [-0.4, -0.2) is 25.6 Å². The molecule has 3 rings (SSSR count). The molecule has 0 unspecified atom stereocenters. The molecule has 1 amide bonds. The van der Waals surface area contributed by atoms with E-state index in [1.165, 1.54) is 18.5 Å². The lowest BCUT2D eigenvalue weighted by Gasteiger charge is -2.07. The predicted octanol–water partition coefficient (Wildman–Crippen LogP) is 1.36.